The monoisotopic (exact) mass is 433 g/mol. The van der Waals surface area contributed by atoms with Crippen LogP contribution in [-0.2, 0) is 4.79 Å². The van der Waals surface area contributed by atoms with Gasteiger partial charge in [0.15, 0.2) is 11.5 Å². The average Bonchev–Trinajstić information content (AvgIpc) is 3.42. The first kappa shape index (κ1) is 20.4. The molecule has 31 heavy (non-hydrogen) atoms. The van der Waals surface area contributed by atoms with Gasteiger partial charge in [0.25, 0.3) is 11.8 Å². The molecule has 0 saturated carbocycles. The van der Waals surface area contributed by atoms with Crippen molar-refractivity contribution in [2.75, 3.05) is 6.79 Å². The largest absolute Gasteiger partial charge is 0.454 e. The van der Waals surface area contributed by atoms with Crippen LogP contribution in [0.5, 0.6) is 11.5 Å². The third-order valence-corrected chi connectivity index (χ3v) is 5.29. The van der Waals surface area contributed by atoms with Crippen molar-refractivity contribution in [1.29, 1.82) is 0 Å². The molecule has 0 spiro atoms. The van der Waals surface area contributed by atoms with Gasteiger partial charge in [-0.2, -0.15) is 5.10 Å². The highest BCUT2D eigenvalue weighted by Crippen LogP contribution is 2.33. The SMILES string of the molecule is Cc1ccc(/C=N\NC(=O)/C(=C\c2ccc3c(c2)OCO3)NC(=O)c2ccccc2)s1. The van der Waals surface area contributed by atoms with Gasteiger partial charge < -0.3 is 14.8 Å². The van der Waals surface area contributed by atoms with Crippen molar-refractivity contribution in [1.82, 2.24) is 10.7 Å². The molecule has 2 amide bonds. The summed E-state index contributed by atoms with van der Waals surface area (Å²) in [6, 6.07) is 17.8. The third kappa shape index (κ3) is 5.18. The van der Waals surface area contributed by atoms with Crippen LogP contribution < -0.4 is 20.2 Å². The zero-order valence-electron chi connectivity index (χ0n) is 16.6. The van der Waals surface area contributed by atoms with E-state index in [2.05, 4.69) is 15.8 Å². The molecule has 0 saturated heterocycles. The molecule has 0 aliphatic carbocycles. The predicted molar refractivity (Wildman–Crippen MR) is 119 cm³/mol. The number of aryl methyl sites for hydroxylation is 1. The van der Waals surface area contributed by atoms with Crippen LogP contribution in [0.4, 0.5) is 0 Å². The van der Waals surface area contributed by atoms with Crippen LogP contribution >= 0.6 is 11.3 Å². The topological polar surface area (TPSA) is 89.0 Å². The number of hydrogen-bond acceptors (Lipinski definition) is 6. The van der Waals surface area contributed by atoms with E-state index >= 15 is 0 Å². The fourth-order valence-corrected chi connectivity index (χ4v) is 3.60. The van der Waals surface area contributed by atoms with Crippen LogP contribution in [0, 0.1) is 6.92 Å². The summed E-state index contributed by atoms with van der Waals surface area (Å²) in [7, 11) is 0. The Morgan fingerprint density at radius 3 is 2.61 bits per heavy atom. The molecule has 7 nitrogen and oxygen atoms in total. The average molecular weight is 433 g/mol. The molecule has 3 aromatic rings. The summed E-state index contributed by atoms with van der Waals surface area (Å²) in [5.74, 6) is 0.258. The second-order valence-electron chi connectivity index (χ2n) is 6.64. The molecule has 0 fully saturated rings. The van der Waals surface area contributed by atoms with Gasteiger partial charge in [0.1, 0.15) is 5.70 Å². The van der Waals surface area contributed by atoms with Gasteiger partial charge in [-0.25, -0.2) is 5.43 Å². The van der Waals surface area contributed by atoms with Crippen molar-refractivity contribution >= 4 is 35.4 Å². The van der Waals surface area contributed by atoms with Crippen LogP contribution in [-0.4, -0.2) is 24.8 Å². The fourth-order valence-electron chi connectivity index (χ4n) is 2.85. The Bertz CT molecular complexity index is 1170. The lowest BCUT2D eigenvalue weighted by atomic mass is 10.1. The van der Waals surface area contributed by atoms with Crippen LogP contribution in [0.2, 0.25) is 0 Å². The number of thiophene rings is 1. The summed E-state index contributed by atoms with van der Waals surface area (Å²) in [6.45, 7) is 2.14. The van der Waals surface area contributed by atoms with Crippen LogP contribution in [0.1, 0.15) is 25.7 Å². The smallest absolute Gasteiger partial charge is 0.287 e. The summed E-state index contributed by atoms with van der Waals surface area (Å²) in [4.78, 5) is 27.5. The summed E-state index contributed by atoms with van der Waals surface area (Å²) in [5.41, 5.74) is 3.62. The number of nitrogens with one attached hydrogen (secondary N) is 2. The van der Waals surface area contributed by atoms with Crippen molar-refractivity contribution in [3.05, 3.63) is 87.2 Å². The second kappa shape index (κ2) is 9.27. The molecule has 156 valence electrons. The summed E-state index contributed by atoms with van der Waals surface area (Å²) >= 11 is 1.56. The number of carbonyl (C=O) groups is 2. The van der Waals surface area contributed by atoms with E-state index in [0.29, 0.717) is 22.6 Å². The molecule has 0 atom stereocenters. The van der Waals surface area contributed by atoms with Gasteiger partial charge in [0.2, 0.25) is 6.79 Å². The standard InChI is InChI=1S/C23H19N3O4S/c1-15-7-9-18(31-15)13-24-26-23(28)19(25-22(27)17-5-3-2-4-6-17)11-16-8-10-20-21(12-16)30-14-29-20/h2-13H,14H2,1H3,(H,25,27)(H,26,28)/b19-11+,24-13-. The maximum atomic E-state index is 12.8. The molecule has 2 N–H and O–H groups in total. The molecule has 8 heteroatoms. The Labute approximate surface area is 183 Å². The Kier molecular flexibility index (Phi) is 6.09. The van der Waals surface area contributed by atoms with Crippen molar-refractivity contribution in [2.45, 2.75) is 6.92 Å². The molecule has 0 bridgehead atoms. The number of ether oxygens (including phenoxy) is 2. The summed E-state index contributed by atoms with van der Waals surface area (Å²) < 4.78 is 10.7. The van der Waals surface area contributed by atoms with Gasteiger partial charge in [-0.05, 0) is 55.0 Å². The summed E-state index contributed by atoms with van der Waals surface area (Å²) in [5, 5.41) is 6.67. The maximum absolute atomic E-state index is 12.8. The van der Waals surface area contributed by atoms with Crippen LogP contribution in [0.15, 0.2) is 71.5 Å². The lowest BCUT2D eigenvalue weighted by molar-refractivity contribution is -0.117. The first-order chi connectivity index (χ1) is 15.1. The van der Waals surface area contributed by atoms with E-state index in [1.54, 1.807) is 66.1 Å². The van der Waals surface area contributed by atoms with E-state index in [-0.39, 0.29) is 12.5 Å². The lowest BCUT2D eigenvalue weighted by Crippen LogP contribution is -2.32. The van der Waals surface area contributed by atoms with E-state index in [1.165, 1.54) is 0 Å². The number of hydrogen-bond donors (Lipinski definition) is 2. The third-order valence-electron chi connectivity index (χ3n) is 4.36. The molecule has 4 rings (SSSR count). The zero-order chi connectivity index (χ0) is 21.6. The van der Waals surface area contributed by atoms with E-state index in [4.69, 9.17) is 9.47 Å². The minimum Gasteiger partial charge on any atom is -0.454 e. The number of amides is 2. The normalized spacial score (nSPS) is 12.7. The summed E-state index contributed by atoms with van der Waals surface area (Å²) in [6.07, 6.45) is 3.12. The van der Waals surface area contributed by atoms with Crippen LogP contribution in [0.25, 0.3) is 6.08 Å². The van der Waals surface area contributed by atoms with Gasteiger partial charge in [-0.15, -0.1) is 11.3 Å². The quantitative estimate of drug-likeness (QED) is 0.352. The molecular formula is C23H19N3O4S. The molecule has 2 heterocycles. The molecular weight excluding hydrogens is 414 g/mol. The van der Waals surface area contributed by atoms with Gasteiger partial charge in [-0.1, -0.05) is 24.3 Å². The van der Waals surface area contributed by atoms with Gasteiger partial charge in [0.05, 0.1) is 6.21 Å². The van der Waals surface area contributed by atoms with Crippen molar-refractivity contribution < 1.29 is 19.1 Å². The van der Waals surface area contributed by atoms with E-state index < -0.39 is 11.8 Å². The molecule has 0 radical (unpaired) electrons. The minimum atomic E-state index is -0.550. The van der Waals surface area contributed by atoms with E-state index in [0.717, 1.165) is 9.75 Å². The number of rotatable bonds is 6. The minimum absolute atomic E-state index is 0.0484. The second-order valence-corrected chi connectivity index (χ2v) is 7.96. The van der Waals surface area contributed by atoms with Crippen molar-refractivity contribution in [3.8, 4) is 11.5 Å². The Morgan fingerprint density at radius 2 is 1.84 bits per heavy atom. The molecule has 1 aliphatic heterocycles. The molecule has 1 aromatic heterocycles. The van der Waals surface area contributed by atoms with E-state index in [1.807, 2.05) is 25.1 Å². The number of fused-ring (bicyclic) bond motifs is 1. The number of nitrogens with zero attached hydrogens (tertiary/aromatic N) is 1. The lowest BCUT2D eigenvalue weighted by Gasteiger charge is -2.09. The Hall–Kier alpha value is -3.91. The maximum Gasteiger partial charge on any atom is 0.287 e. The van der Waals surface area contributed by atoms with Gasteiger partial charge >= 0.3 is 0 Å². The highest BCUT2D eigenvalue weighted by Gasteiger charge is 2.16. The van der Waals surface area contributed by atoms with E-state index in [9.17, 15) is 9.59 Å². The molecule has 1 aliphatic rings. The number of carbonyl (C=O) groups excluding carboxylic acids is 2. The first-order valence-electron chi connectivity index (χ1n) is 9.46. The van der Waals surface area contributed by atoms with Gasteiger partial charge in [-0.3, -0.25) is 9.59 Å². The highest BCUT2D eigenvalue weighted by atomic mass is 32.1. The van der Waals surface area contributed by atoms with Crippen molar-refractivity contribution in [3.63, 3.8) is 0 Å². The molecule has 0 unspecified atom stereocenters. The first-order valence-corrected chi connectivity index (χ1v) is 10.3. The van der Waals surface area contributed by atoms with Gasteiger partial charge in [0, 0.05) is 15.3 Å². The number of hydrazone groups is 1. The highest BCUT2D eigenvalue weighted by molar-refractivity contribution is 7.13. The van der Waals surface area contributed by atoms with Crippen LogP contribution in [0.3, 0.4) is 0 Å². The Balaban J connectivity index is 1.56. The number of benzene rings is 2. The molecule has 2 aromatic carbocycles. The predicted octanol–water partition coefficient (Wildman–Crippen LogP) is 3.71. The Morgan fingerprint density at radius 1 is 1.03 bits per heavy atom. The fraction of sp³-hybridized carbons (Fsp3) is 0.0870. The van der Waals surface area contributed by atoms with Crippen molar-refractivity contribution in [2.24, 2.45) is 5.10 Å². The zero-order valence-corrected chi connectivity index (χ0v) is 17.4.